The smallest absolute Gasteiger partial charge is 0.266 e. The number of carbonyl (C=O) groups is 1. The molecule has 1 N–H and O–H groups in total. The summed E-state index contributed by atoms with van der Waals surface area (Å²) in [6.07, 6.45) is 1.70. The van der Waals surface area contributed by atoms with Crippen LogP contribution in [0.15, 0.2) is 53.5 Å². The Bertz CT molecular complexity index is 1190. The van der Waals surface area contributed by atoms with Crippen molar-refractivity contribution >= 4 is 38.8 Å². The van der Waals surface area contributed by atoms with Gasteiger partial charge in [0.1, 0.15) is 10.5 Å². The molecule has 0 unspecified atom stereocenters. The number of aromatic nitrogens is 2. The average molecular weight is 349 g/mol. The van der Waals surface area contributed by atoms with Crippen LogP contribution >= 0.6 is 11.3 Å². The van der Waals surface area contributed by atoms with Gasteiger partial charge in [0.25, 0.3) is 11.5 Å². The zero-order chi connectivity index (χ0) is 17.6. The Kier molecular flexibility index (Phi) is 3.62. The Balaban J connectivity index is 1.80. The quantitative estimate of drug-likeness (QED) is 0.599. The number of hydrogen-bond donors (Lipinski definition) is 1. The molecule has 3 aromatic heterocycles. The van der Waals surface area contributed by atoms with Gasteiger partial charge in [-0.2, -0.15) is 0 Å². The first kappa shape index (κ1) is 15.5. The van der Waals surface area contributed by atoms with Gasteiger partial charge in [-0.3, -0.25) is 14.0 Å². The van der Waals surface area contributed by atoms with E-state index in [4.69, 9.17) is 0 Å². The van der Waals surface area contributed by atoms with E-state index in [1.807, 2.05) is 50.2 Å². The van der Waals surface area contributed by atoms with Crippen molar-refractivity contribution in [1.82, 2.24) is 9.38 Å². The van der Waals surface area contributed by atoms with Gasteiger partial charge in [-0.15, -0.1) is 11.3 Å². The number of thiophene rings is 1. The minimum Gasteiger partial charge on any atom is -0.321 e. The second-order valence-electron chi connectivity index (χ2n) is 5.95. The number of hydrogen-bond acceptors (Lipinski definition) is 4. The Labute approximate surface area is 147 Å². The molecular formula is C19H15N3O2S. The molecule has 0 aliphatic carbocycles. The van der Waals surface area contributed by atoms with Crippen LogP contribution in [-0.2, 0) is 0 Å². The lowest BCUT2D eigenvalue weighted by atomic mass is 10.2. The van der Waals surface area contributed by atoms with E-state index in [-0.39, 0.29) is 11.5 Å². The summed E-state index contributed by atoms with van der Waals surface area (Å²) >= 11 is 1.23. The highest BCUT2D eigenvalue weighted by Gasteiger charge is 2.15. The molecule has 0 fully saturated rings. The molecule has 4 aromatic rings. The predicted molar refractivity (Wildman–Crippen MR) is 101 cm³/mol. The van der Waals surface area contributed by atoms with Gasteiger partial charge in [0.15, 0.2) is 0 Å². The minimum atomic E-state index is -0.237. The zero-order valence-corrected chi connectivity index (χ0v) is 14.6. The van der Waals surface area contributed by atoms with Crippen LogP contribution in [-0.4, -0.2) is 15.3 Å². The summed E-state index contributed by atoms with van der Waals surface area (Å²) in [5.74, 6) is -0.237. The van der Waals surface area contributed by atoms with Crippen LogP contribution in [0.2, 0.25) is 0 Å². The molecule has 0 bridgehead atoms. The third-order valence-corrected chi connectivity index (χ3v) is 5.06. The highest BCUT2D eigenvalue weighted by atomic mass is 32.1. The predicted octanol–water partition coefficient (Wildman–Crippen LogP) is 3.78. The van der Waals surface area contributed by atoms with E-state index in [0.717, 1.165) is 16.8 Å². The fourth-order valence-corrected chi connectivity index (χ4v) is 3.70. The van der Waals surface area contributed by atoms with Gasteiger partial charge >= 0.3 is 0 Å². The van der Waals surface area contributed by atoms with Gasteiger partial charge in [-0.25, -0.2) is 4.98 Å². The summed E-state index contributed by atoms with van der Waals surface area (Å²) in [5.41, 5.74) is 3.17. The number of carbonyl (C=O) groups excluding carboxylic acids is 1. The summed E-state index contributed by atoms with van der Waals surface area (Å²) in [5, 5.41) is 3.33. The molecule has 0 saturated carbocycles. The minimum absolute atomic E-state index is 0.158. The van der Waals surface area contributed by atoms with Crippen LogP contribution < -0.4 is 10.9 Å². The second-order valence-corrected chi connectivity index (χ2v) is 6.99. The van der Waals surface area contributed by atoms with Crippen molar-refractivity contribution in [2.45, 2.75) is 13.8 Å². The molecule has 0 saturated heterocycles. The molecule has 0 radical (unpaired) electrons. The molecule has 1 amide bonds. The van der Waals surface area contributed by atoms with E-state index in [1.54, 1.807) is 12.3 Å². The van der Waals surface area contributed by atoms with Gasteiger partial charge in [0, 0.05) is 11.9 Å². The Hall–Kier alpha value is -2.99. The third kappa shape index (κ3) is 2.70. The standard InChI is InChI=1S/C19H15N3O2S/c1-11-5-3-7-13(9-11)20-17(23)15-10-14-18(25-15)21-16-12(2)6-4-8-22(16)19(14)24/h3-10H,1-2H3,(H,20,23). The third-order valence-electron chi connectivity index (χ3n) is 4.03. The Morgan fingerprint density at radius 1 is 1.16 bits per heavy atom. The lowest BCUT2D eigenvalue weighted by Gasteiger charge is -2.03. The van der Waals surface area contributed by atoms with E-state index >= 15 is 0 Å². The maximum Gasteiger partial charge on any atom is 0.266 e. The number of aryl methyl sites for hydroxylation is 2. The monoisotopic (exact) mass is 349 g/mol. The number of nitrogens with one attached hydrogen (secondary N) is 1. The highest BCUT2D eigenvalue weighted by molar-refractivity contribution is 7.20. The van der Waals surface area contributed by atoms with E-state index in [0.29, 0.717) is 20.7 Å². The SMILES string of the molecule is Cc1cccc(NC(=O)c2cc3c(=O)n4cccc(C)c4nc3s2)c1. The van der Waals surface area contributed by atoms with Crippen molar-refractivity contribution in [3.05, 3.63) is 75.0 Å². The van der Waals surface area contributed by atoms with Gasteiger partial charge in [-0.1, -0.05) is 18.2 Å². The van der Waals surface area contributed by atoms with Gasteiger partial charge < -0.3 is 5.32 Å². The molecule has 6 heteroatoms. The topological polar surface area (TPSA) is 63.5 Å². The molecule has 3 heterocycles. The largest absolute Gasteiger partial charge is 0.321 e. The summed E-state index contributed by atoms with van der Waals surface area (Å²) in [6.45, 7) is 3.88. The van der Waals surface area contributed by atoms with Crippen LogP contribution in [0, 0.1) is 13.8 Å². The normalized spacial score (nSPS) is 11.1. The number of pyridine rings is 1. The van der Waals surface area contributed by atoms with Gasteiger partial charge in [0.05, 0.1) is 10.3 Å². The van der Waals surface area contributed by atoms with Crippen molar-refractivity contribution in [2.24, 2.45) is 0 Å². The van der Waals surface area contributed by atoms with Crippen LogP contribution in [0.4, 0.5) is 5.69 Å². The van der Waals surface area contributed by atoms with Gasteiger partial charge in [0.2, 0.25) is 0 Å². The highest BCUT2D eigenvalue weighted by Crippen LogP contribution is 2.24. The van der Waals surface area contributed by atoms with E-state index in [9.17, 15) is 9.59 Å². The van der Waals surface area contributed by atoms with E-state index in [2.05, 4.69) is 10.3 Å². The molecule has 124 valence electrons. The molecule has 0 aliphatic heterocycles. The molecular weight excluding hydrogens is 334 g/mol. The van der Waals surface area contributed by atoms with E-state index in [1.165, 1.54) is 15.7 Å². The molecule has 0 atom stereocenters. The van der Waals surface area contributed by atoms with Crippen molar-refractivity contribution in [2.75, 3.05) is 5.32 Å². The first-order chi connectivity index (χ1) is 12.0. The molecule has 0 spiro atoms. The maximum atomic E-state index is 12.7. The Morgan fingerprint density at radius 2 is 2.00 bits per heavy atom. The summed E-state index contributed by atoms with van der Waals surface area (Å²) < 4.78 is 1.52. The van der Waals surface area contributed by atoms with Crippen molar-refractivity contribution in [3.8, 4) is 0 Å². The van der Waals surface area contributed by atoms with Crippen molar-refractivity contribution in [3.63, 3.8) is 0 Å². The first-order valence-corrected chi connectivity index (χ1v) is 8.64. The van der Waals surface area contributed by atoms with Crippen molar-refractivity contribution in [1.29, 1.82) is 0 Å². The first-order valence-electron chi connectivity index (χ1n) is 7.82. The number of nitrogens with zero attached hydrogens (tertiary/aromatic N) is 2. The lowest BCUT2D eigenvalue weighted by molar-refractivity contribution is 0.103. The van der Waals surface area contributed by atoms with Crippen molar-refractivity contribution < 1.29 is 4.79 Å². The summed E-state index contributed by atoms with van der Waals surface area (Å²) in [4.78, 5) is 30.8. The summed E-state index contributed by atoms with van der Waals surface area (Å²) in [6, 6.07) is 12.9. The molecule has 25 heavy (non-hydrogen) atoms. The molecule has 4 rings (SSSR count). The Morgan fingerprint density at radius 3 is 2.80 bits per heavy atom. The number of anilines is 1. The van der Waals surface area contributed by atoms with Crippen LogP contribution in [0.3, 0.4) is 0 Å². The average Bonchev–Trinajstić information content (AvgIpc) is 3.01. The van der Waals surface area contributed by atoms with E-state index < -0.39 is 0 Å². The summed E-state index contributed by atoms with van der Waals surface area (Å²) in [7, 11) is 0. The maximum absolute atomic E-state index is 12.7. The number of amides is 1. The van der Waals surface area contributed by atoms with Crippen LogP contribution in [0.1, 0.15) is 20.8 Å². The van der Waals surface area contributed by atoms with Gasteiger partial charge in [-0.05, 0) is 49.2 Å². The number of fused-ring (bicyclic) bond motifs is 2. The molecule has 1 aromatic carbocycles. The number of benzene rings is 1. The molecule has 0 aliphatic rings. The fraction of sp³-hybridized carbons (Fsp3) is 0.105. The lowest BCUT2D eigenvalue weighted by Crippen LogP contribution is -2.14. The fourth-order valence-electron chi connectivity index (χ4n) is 2.79. The zero-order valence-electron chi connectivity index (χ0n) is 13.7. The number of rotatable bonds is 2. The van der Waals surface area contributed by atoms with Crippen LogP contribution in [0.5, 0.6) is 0 Å². The van der Waals surface area contributed by atoms with Crippen LogP contribution in [0.25, 0.3) is 15.9 Å². The second kappa shape index (κ2) is 5.82. The molecule has 5 nitrogen and oxygen atoms in total.